The first kappa shape index (κ1) is 20.4. The molecule has 0 bridgehead atoms. The number of unbranched alkanes of at least 4 members (excludes halogenated alkanes) is 1. The van der Waals surface area contributed by atoms with Crippen LogP contribution in [0, 0.1) is 5.92 Å². The molecule has 0 aliphatic carbocycles. The van der Waals surface area contributed by atoms with Crippen molar-refractivity contribution in [3.8, 4) is 0 Å². The van der Waals surface area contributed by atoms with Crippen LogP contribution in [0.4, 0.5) is 0 Å². The molecule has 2 unspecified atom stereocenters. The van der Waals surface area contributed by atoms with Crippen molar-refractivity contribution in [2.75, 3.05) is 27.2 Å². The third-order valence-corrected chi connectivity index (χ3v) is 4.50. The molecule has 0 radical (unpaired) electrons. The summed E-state index contributed by atoms with van der Waals surface area (Å²) in [5.74, 6) is 0.515. The highest BCUT2D eigenvalue weighted by atomic mass is 16.5. The van der Waals surface area contributed by atoms with E-state index >= 15 is 0 Å². The highest BCUT2D eigenvalue weighted by Crippen LogP contribution is 2.17. The second kappa shape index (κ2) is 10.2. The van der Waals surface area contributed by atoms with E-state index in [4.69, 9.17) is 4.74 Å². The summed E-state index contributed by atoms with van der Waals surface area (Å²) < 4.78 is 4.95. The fraction of sp³-hybridized carbons (Fsp3) is 0.941. The molecule has 0 aliphatic heterocycles. The van der Waals surface area contributed by atoms with Gasteiger partial charge in [-0.1, -0.05) is 20.8 Å². The number of rotatable bonds is 11. The molecule has 1 N–H and O–H groups in total. The van der Waals surface area contributed by atoms with Crippen LogP contribution in [-0.4, -0.2) is 49.7 Å². The number of nitrogens with one attached hydrogen (secondary N) is 1. The van der Waals surface area contributed by atoms with Gasteiger partial charge in [-0.25, -0.2) is 0 Å². The number of hydrogen-bond donors (Lipinski definition) is 1. The predicted octanol–water partition coefficient (Wildman–Crippen LogP) is 3.06. The summed E-state index contributed by atoms with van der Waals surface area (Å²) in [4.78, 5) is 14.4. The van der Waals surface area contributed by atoms with Crippen molar-refractivity contribution in [2.45, 2.75) is 71.9 Å². The monoisotopic (exact) mass is 300 g/mol. The minimum absolute atomic E-state index is 0.153. The standard InChI is InChI=1S/C17H36N2O2/c1-8-12-18-17(5,16(20)21-7)11-9-10-13-19(6)15(4)14(2)3/h14-15,18H,8-13H2,1-7H3. The van der Waals surface area contributed by atoms with Crippen molar-refractivity contribution in [2.24, 2.45) is 5.92 Å². The van der Waals surface area contributed by atoms with Crippen LogP contribution < -0.4 is 5.32 Å². The SMILES string of the molecule is CCCNC(C)(CCCCN(C)C(C)C(C)C)C(=O)OC. The molecule has 4 nitrogen and oxygen atoms in total. The first-order chi connectivity index (χ1) is 9.78. The van der Waals surface area contributed by atoms with Gasteiger partial charge in [0, 0.05) is 6.04 Å². The van der Waals surface area contributed by atoms with Gasteiger partial charge in [0.25, 0.3) is 0 Å². The molecule has 2 atom stereocenters. The van der Waals surface area contributed by atoms with Gasteiger partial charge >= 0.3 is 5.97 Å². The van der Waals surface area contributed by atoms with Crippen LogP contribution in [0.15, 0.2) is 0 Å². The summed E-state index contributed by atoms with van der Waals surface area (Å²) in [5.41, 5.74) is -0.549. The van der Waals surface area contributed by atoms with E-state index in [2.05, 4.69) is 45.0 Å². The number of carbonyl (C=O) groups excluding carboxylic acids is 1. The van der Waals surface area contributed by atoms with E-state index in [0.717, 1.165) is 38.8 Å². The van der Waals surface area contributed by atoms with Crippen molar-refractivity contribution in [1.82, 2.24) is 10.2 Å². The highest BCUT2D eigenvalue weighted by molar-refractivity contribution is 5.80. The molecule has 0 aromatic heterocycles. The third kappa shape index (κ3) is 7.28. The van der Waals surface area contributed by atoms with E-state index in [-0.39, 0.29) is 5.97 Å². The molecule has 0 saturated carbocycles. The number of ether oxygens (including phenoxy) is 1. The molecule has 0 aliphatic rings. The quantitative estimate of drug-likeness (QED) is 0.470. The van der Waals surface area contributed by atoms with Crippen molar-refractivity contribution in [3.05, 3.63) is 0 Å². The van der Waals surface area contributed by atoms with Gasteiger partial charge in [0.1, 0.15) is 5.54 Å². The summed E-state index contributed by atoms with van der Waals surface area (Å²) in [6.07, 6.45) is 3.97. The largest absolute Gasteiger partial charge is 0.468 e. The summed E-state index contributed by atoms with van der Waals surface area (Å²) in [6, 6.07) is 0.593. The Morgan fingerprint density at radius 1 is 1.29 bits per heavy atom. The van der Waals surface area contributed by atoms with Crippen molar-refractivity contribution < 1.29 is 9.53 Å². The number of nitrogens with zero attached hydrogens (tertiary/aromatic N) is 1. The van der Waals surface area contributed by atoms with E-state index in [1.807, 2.05) is 6.92 Å². The molecule has 0 rings (SSSR count). The number of hydrogen-bond acceptors (Lipinski definition) is 4. The molecule has 0 heterocycles. The topological polar surface area (TPSA) is 41.6 Å². The Morgan fingerprint density at radius 3 is 2.38 bits per heavy atom. The molecule has 4 heteroatoms. The van der Waals surface area contributed by atoms with E-state index < -0.39 is 5.54 Å². The second-order valence-corrected chi connectivity index (χ2v) is 6.67. The minimum Gasteiger partial charge on any atom is -0.468 e. The molecule has 0 aromatic rings. The van der Waals surface area contributed by atoms with Crippen molar-refractivity contribution in [1.29, 1.82) is 0 Å². The molecular formula is C17H36N2O2. The van der Waals surface area contributed by atoms with Gasteiger partial charge in [-0.2, -0.15) is 0 Å². The van der Waals surface area contributed by atoms with Gasteiger partial charge < -0.3 is 15.0 Å². The van der Waals surface area contributed by atoms with Crippen LogP contribution in [0.1, 0.15) is 60.3 Å². The number of esters is 1. The Balaban J connectivity index is 4.23. The molecule has 0 fully saturated rings. The minimum atomic E-state index is -0.549. The van der Waals surface area contributed by atoms with Crippen molar-refractivity contribution in [3.63, 3.8) is 0 Å². The zero-order valence-corrected chi connectivity index (χ0v) is 15.2. The first-order valence-corrected chi connectivity index (χ1v) is 8.32. The lowest BCUT2D eigenvalue weighted by Gasteiger charge is -2.30. The lowest BCUT2D eigenvalue weighted by molar-refractivity contribution is -0.148. The predicted molar refractivity (Wildman–Crippen MR) is 89.5 cm³/mol. The fourth-order valence-corrected chi connectivity index (χ4v) is 2.44. The van der Waals surface area contributed by atoms with Gasteiger partial charge in [0.2, 0.25) is 0 Å². The van der Waals surface area contributed by atoms with Gasteiger partial charge in [-0.3, -0.25) is 4.79 Å². The Morgan fingerprint density at radius 2 is 1.90 bits per heavy atom. The molecule has 0 saturated heterocycles. The maximum absolute atomic E-state index is 12.0. The Bertz CT molecular complexity index is 295. The fourth-order valence-electron chi connectivity index (χ4n) is 2.44. The smallest absolute Gasteiger partial charge is 0.325 e. The van der Waals surface area contributed by atoms with Gasteiger partial charge in [0.15, 0.2) is 0 Å². The molecule has 0 aromatic carbocycles. The van der Waals surface area contributed by atoms with E-state index in [1.54, 1.807) is 0 Å². The normalized spacial score (nSPS) is 16.0. The van der Waals surface area contributed by atoms with Gasteiger partial charge in [-0.15, -0.1) is 0 Å². The van der Waals surface area contributed by atoms with Crippen molar-refractivity contribution >= 4 is 5.97 Å². The Hall–Kier alpha value is -0.610. The van der Waals surface area contributed by atoms with Gasteiger partial charge in [0.05, 0.1) is 7.11 Å². The zero-order valence-electron chi connectivity index (χ0n) is 15.2. The summed E-state index contributed by atoms with van der Waals surface area (Å²) in [6.45, 7) is 12.8. The summed E-state index contributed by atoms with van der Waals surface area (Å²) in [5, 5.41) is 3.34. The number of carbonyl (C=O) groups is 1. The molecule has 0 spiro atoms. The van der Waals surface area contributed by atoms with Gasteiger partial charge in [-0.05, 0) is 65.6 Å². The number of methoxy groups -OCH3 is 1. The van der Waals surface area contributed by atoms with Crippen LogP contribution in [0.2, 0.25) is 0 Å². The lowest BCUT2D eigenvalue weighted by atomic mass is 9.94. The summed E-state index contributed by atoms with van der Waals surface area (Å²) in [7, 11) is 3.64. The average Bonchev–Trinajstić information content (AvgIpc) is 2.47. The molecule has 0 amide bonds. The van der Waals surface area contributed by atoms with Crippen LogP contribution in [0.25, 0.3) is 0 Å². The van der Waals surface area contributed by atoms with E-state index in [9.17, 15) is 4.79 Å². The second-order valence-electron chi connectivity index (χ2n) is 6.67. The van der Waals surface area contributed by atoms with Crippen LogP contribution >= 0.6 is 0 Å². The maximum Gasteiger partial charge on any atom is 0.325 e. The highest BCUT2D eigenvalue weighted by Gasteiger charge is 2.32. The lowest BCUT2D eigenvalue weighted by Crippen LogP contribution is -2.50. The first-order valence-electron chi connectivity index (χ1n) is 8.32. The molecule has 126 valence electrons. The zero-order chi connectivity index (χ0) is 16.5. The molecule has 21 heavy (non-hydrogen) atoms. The third-order valence-electron chi connectivity index (χ3n) is 4.50. The molecular weight excluding hydrogens is 264 g/mol. The van der Waals surface area contributed by atoms with Crippen LogP contribution in [-0.2, 0) is 9.53 Å². The average molecular weight is 300 g/mol. The van der Waals surface area contributed by atoms with E-state index in [0.29, 0.717) is 12.0 Å². The summed E-state index contributed by atoms with van der Waals surface area (Å²) >= 11 is 0. The Labute approximate surface area is 131 Å². The van der Waals surface area contributed by atoms with E-state index in [1.165, 1.54) is 7.11 Å². The van der Waals surface area contributed by atoms with Crippen LogP contribution in [0.5, 0.6) is 0 Å². The van der Waals surface area contributed by atoms with Crippen LogP contribution in [0.3, 0.4) is 0 Å². The Kier molecular flexibility index (Phi) is 9.88. The maximum atomic E-state index is 12.0.